The Morgan fingerprint density at radius 3 is 2.23 bits per heavy atom. The Balaban J connectivity index is 2.05. The van der Waals surface area contributed by atoms with Crippen LogP contribution in [0.2, 0.25) is 0 Å². The molecule has 1 fully saturated rings. The quantitative estimate of drug-likeness (QED) is 0.664. The van der Waals surface area contributed by atoms with Crippen LogP contribution in [0.15, 0.2) is 12.1 Å². The van der Waals surface area contributed by atoms with E-state index < -0.39 is 47.3 Å². The minimum absolute atomic E-state index is 0.0457. The molecule has 12 heteroatoms. The second-order valence-corrected chi connectivity index (χ2v) is 7.60. The first-order valence-corrected chi connectivity index (χ1v) is 9.36. The van der Waals surface area contributed by atoms with Gasteiger partial charge < -0.3 is 19.5 Å². The Labute approximate surface area is 175 Å². The van der Waals surface area contributed by atoms with Gasteiger partial charge in [-0.2, -0.15) is 17.6 Å². The number of hydrogen-bond acceptors (Lipinski definition) is 5. The van der Waals surface area contributed by atoms with Crippen LogP contribution in [0, 0.1) is 11.6 Å². The van der Waals surface area contributed by atoms with Crippen LogP contribution in [-0.2, 0) is 16.1 Å². The number of benzene rings is 1. The first-order chi connectivity index (χ1) is 14.2. The number of aliphatic carboxylic acids is 1. The molecule has 174 valence electrons. The van der Waals surface area contributed by atoms with Crippen molar-refractivity contribution in [1.82, 2.24) is 9.80 Å². The maximum Gasteiger partial charge on any atom is 0.425 e. The van der Waals surface area contributed by atoms with Gasteiger partial charge in [0.2, 0.25) is 5.82 Å². The molecule has 0 spiro atoms. The average Bonchev–Trinajstić information content (AvgIpc) is 2.67. The number of halogens is 5. The first-order valence-electron chi connectivity index (χ1n) is 9.36. The first kappa shape index (κ1) is 24.6. The topological polar surface area (TPSA) is 79.3 Å². The molecule has 1 aliphatic rings. The van der Waals surface area contributed by atoms with Crippen molar-refractivity contribution in [2.24, 2.45) is 0 Å². The van der Waals surface area contributed by atoms with Crippen molar-refractivity contribution in [3.05, 3.63) is 29.3 Å². The number of rotatable bonds is 6. The largest absolute Gasteiger partial charge is 0.478 e. The van der Waals surface area contributed by atoms with Crippen LogP contribution in [-0.4, -0.2) is 71.0 Å². The van der Waals surface area contributed by atoms with E-state index in [1.807, 2.05) is 0 Å². The zero-order valence-corrected chi connectivity index (χ0v) is 17.1. The van der Waals surface area contributed by atoms with Gasteiger partial charge in [-0.25, -0.2) is 14.0 Å². The van der Waals surface area contributed by atoms with E-state index in [1.54, 1.807) is 4.90 Å². The molecule has 31 heavy (non-hydrogen) atoms. The molecule has 0 bridgehead atoms. The van der Waals surface area contributed by atoms with E-state index >= 15 is 0 Å². The highest BCUT2D eigenvalue weighted by Crippen LogP contribution is 2.30. The molecule has 1 N–H and O–H groups in total. The normalized spacial score (nSPS) is 16.7. The molecule has 1 unspecified atom stereocenters. The molecule has 7 nitrogen and oxygen atoms in total. The third-order valence-corrected chi connectivity index (χ3v) is 4.77. The molecule has 0 radical (unpaired) electrons. The van der Waals surface area contributed by atoms with Gasteiger partial charge in [-0.1, -0.05) is 6.07 Å². The molecule has 0 saturated carbocycles. The van der Waals surface area contributed by atoms with Crippen molar-refractivity contribution in [1.29, 1.82) is 0 Å². The van der Waals surface area contributed by atoms with E-state index in [9.17, 15) is 36.6 Å². The lowest BCUT2D eigenvalue weighted by Crippen LogP contribution is -2.49. The van der Waals surface area contributed by atoms with Crippen LogP contribution in [0.25, 0.3) is 0 Å². The summed E-state index contributed by atoms with van der Waals surface area (Å²) in [5, 5.41) is 9.20. The summed E-state index contributed by atoms with van der Waals surface area (Å²) in [5.41, 5.74) is -1.63. The summed E-state index contributed by atoms with van der Waals surface area (Å²) in [6, 6.07) is 2.15. The van der Waals surface area contributed by atoms with Crippen LogP contribution in [0.3, 0.4) is 0 Å². The van der Waals surface area contributed by atoms with Crippen molar-refractivity contribution in [2.75, 3.05) is 26.2 Å². The Kier molecular flexibility index (Phi) is 7.35. The number of ether oxygens (including phenoxy) is 2. The highest BCUT2D eigenvalue weighted by atomic mass is 19.4. The maximum absolute atomic E-state index is 14.3. The standard InChI is InChI=1S/C19H23F5N2O5/c1-11(19(22,23)24)30-17(29)26-8-6-25(7-9-26)10-12-4-5-13(20)14(21)15(12)31-18(2,3)16(27)28/h4-5,11H,6-10H2,1-3H3,(H,27,28). The Morgan fingerprint density at radius 1 is 1.13 bits per heavy atom. The van der Waals surface area contributed by atoms with Crippen molar-refractivity contribution in [2.45, 2.75) is 45.2 Å². The van der Waals surface area contributed by atoms with E-state index in [-0.39, 0.29) is 38.3 Å². The highest BCUT2D eigenvalue weighted by molar-refractivity contribution is 5.76. The Morgan fingerprint density at radius 2 is 1.71 bits per heavy atom. The van der Waals surface area contributed by atoms with E-state index in [0.29, 0.717) is 0 Å². The number of carbonyl (C=O) groups is 2. The van der Waals surface area contributed by atoms with Crippen LogP contribution >= 0.6 is 0 Å². The van der Waals surface area contributed by atoms with Crippen molar-refractivity contribution < 1.29 is 46.1 Å². The number of nitrogens with zero attached hydrogens (tertiary/aromatic N) is 2. The van der Waals surface area contributed by atoms with E-state index in [0.717, 1.165) is 17.9 Å². The number of carboxylic acids is 1. The third kappa shape index (κ3) is 6.18. The molecule has 1 saturated heterocycles. The van der Waals surface area contributed by atoms with E-state index in [2.05, 4.69) is 4.74 Å². The predicted octanol–water partition coefficient (Wildman–Crippen LogP) is 3.41. The van der Waals surface area contributed by atoms with Crippen molar-refractivity contribution >= 4 is 12.1 Å². The van der Waals surface area contributed by atoms with Crippen molar-refractivity contribution in [3.8, 4) is 5.75 Å². The van der Waals surface area contributed by atoms with Crippen LogP contribution in [0.4, 0.5) is 26.7 Å². The van der Waals surface area contributed by atoms with E-state index in [4.69, 9.17) is 4.74 Å². The molecule has 1 aromatic rings. The van der Waals surface area contributed by atoms with Gasteiger partial charge in [-0.05, 0) is 26.8 Å². The van der Waals surface area contributed by atoms with Gasteiger partial charge in [0.15, 0.2) is 23.3 Å². The third-order valence-electron chi connectivity index (χ3n) is 4.77. The summed E-state index contributed by atoms with van der Waals surface area (Å²) in [6.45, 7) is 3.72. The molecule has 0 aliphatic carbocycles. The summed E-state index contributed by atoms with van der Waals surface area (Å²) < 4.78 is 75.3. The number of piperazine rings is 1. The molecule has 2 rings (SSSR count). The Hall–Kier alpha value is -2.63. The van der Waals surface area contributed by atoms with Gasteiger partial charge in [0.05, 0.1) is 0 Å². The molecule has 1 aromatic carbocycles. The lowest BCUT2D eigenvalue weighted by molar-refractivity contribution is -0.200. The van der Waals surface area contributed by atoms with Gasteiger partial charge in [-0.15, -0.1) is 0 Å². The SMILES string of the molecule is CC(OC(=O)N1CCN(Cc2ccc(F)c(F)c2OC(C)(C)C(=O)O)CC1)C(F)(F)F. The monoisotopic (exact) mass is 454 g/mol. The highest BCUT2D eigenvalue weighted by Gasteiger charge is 2.40. The average molecular weight is 454 g/mol. The fraction of sp³-hybridized carbons (Fsp3) is 0.579. The fourth-order valence-corrected chi connectivity index (χ4v) is 2.73. The zero-order valence-electron chi connectivity index (χ0n) is 17.1. The number of carboxylic acid groups (broad SMARTS) is 1. The summed E-state index contributed by atoms with van der Waals surface area (Å²) in [4.78, 5) is 26.0. The van der Waals surface area contributed by atoms with Crippen LogP contribution in [0.5, 0.6) is 5.75 Å². The minimum Gasteiger partial charge on any atom is -0.478 e. The van der Waals surface area contributed by atoms with Crippen LogP contribution in [0.1, 0.15) is 26.3 Å². The van der Waals surface area contributed by atoms with Gasteiger partial charge in [-0.3, -0.25) is 4.90 Å². The minimum atomic E-state index is -4.66. The number of amides is 1. The molecular weight excluding hydrogens is 431 g/mol. The zero-order chi connectivity index (χ0) is 23.6. The van der Waals surface area contributed by atoms with Gasteiger partial charge in [0, 0.05) is 38.3 Å². The number of carbonyl (C=O) groups excluding carboxylic acids is 1. The summed E-state index contributed by atoms with van der Waals surface area (Å²) in [6.07, 6.45) is -7.99. The van der Waals surface area contributed by atoms with Crippen LogP contribution < -0.4 is 4.74 Å². The second-order valence-electron chi connectivity index (χ2n) is 7.60. The van der Waals surface area contributed by atoms with Gasteiger partial charge in [0.25, 0.3) is 0 Å². The smallest absolute Gasteiger partial charge is 0.425 e. The number of alkyl halides is 3. The second kappa shape index (κ2) is 9.25. The van der Waals surface area contributed by atoms with Gasteiger partial charge in [0.1, 0.15) is 0 Å². The maximum atomic E-state index is 14.3. The summed E-state index contributed by atoms with van der Waals surface area (Å²) >= 11 is 0. The molecule has 1 aliphatic heterocycles. The molecular formula is C19H23F5N2O5. The molecule has 0 aromatic heterocycles. The van der Waals surface area contributed by atoms with E-state index in [1.165, 1.54) is 19.9 Å². The lowest BCUT2D eigenvalue weighted by Gasteiger charge is -2.35. The molecule has 1 amide bonds. The van der Waals surface area contributed by atoms with Crippen molar-refractivity contribution in [3.63, 3.8) is 0 Å². The van der Waals surface area contributed by atoms with Gasteiger partial charge >= 0.3 is 18.2 Å². The molecule has 1 heterocycles. The fourth-order valence-electron chi connectivity index (χ4n) is 2.73. The Bertz CT molecular complexity index is 823. The summed E-state index contributed by atoms with van der Waals surface area (Å²) in [7, 11) is 0. The predicted molar refractivity (Wildman–Crippen MR) is 97.5 cm³/mol. The number of hydrogen-bond donors (Lipinski definition) is 1. The molecule has 1 atom stereocenters. The summed E-state index contributed by atoms with van der Waals surface area (Å²) in [5.74, 6) is -4.43. The lowest BCUT2D eigenvalue weighted by atomic mass is 10.1.